The zero-order valence-corrected chi connectivity index (χ0v) is 41.0. The molecule has 0 spiro atoms. The van der Waals surface area contributed by atoms with Crippen molar-refractivity contribution in [2.24, 2.45) is 0 Å². The number of unbranched alkanes of at least 4 members (excludes halogenated alkanes) is 18. The average molecular weight is 910 g/mol. The summed E-state index contributed by atoms with van der Waals surface area (Å²) in [6.07, 6.45) is 57.7. The smallest absolute Gasteiger partial charge is 0.220 e. The SMILES string of the molecule is CC/C=C\C/C=C\C/C=C\C/C=C\C/C=C\CCCCCCCCCCCCCCCCCC(=O)NC(COC1OC(CO)C(O)C(O)C1O)C(O)/C=C/CC/C=C/CC/C=C/CCC. The topological polar surface area (TPSA) is 149 Å². The van der Waals surface area contributed by atoms with Crippen molar-refractivity contribution in [1.29, 1.82) is 0 Å². The van der Waals surface area contributed by atoms with E-state index in [4.69, 9.17) is 9.47 Å². The van der Waals surface area contributed by atoms with Crippen LogP contribution in [0.1, 0.15) is 194 Å². The Labute approximate surface area is 396 Å². The summed E-state index contributed by atoms with van der Waals surface area (Å²) >= 11 is 0. The van der Waals surface area contributed by atoms with E-state index in [1.165, 1.54) is 83.5 Å². The summed E-state index contributed by atoms with van der Waals surface area (Å²) in [6.45, 7) is 3.55. The molecule has 9 heteroatoms. The van der Waals surface area contributed by atoms with Gasteiger partial charge in [-0.3, -0.25) is 4.79 Å². The van der Waals surface area contributed by atoms with Gasteiger partial charge in [0, 0.05) is 6.42 Å². The van der Waals surface area contributed by atoms with Gasteiger partial charge in [-0.1, -0.05) is 201 Å². The second-order valence-electron chi connectivity index (χ2n) is 17.6. The molecule has 7 unspecified atom stereocenters. The molecule has 1 aliphatic heterocycles. The summed E-state index contributed by atoms with van der Waals surface area (Å²) in [6, 6.07) is -0.831. The van der Waals surface area contributed by atoms with Crippen LogP contribution in [0.5, 0.6) is 0 Å². The van der Waals surface area contributed by atoms with Crippen LogP contribution >= 0.6 is 0 Å². The molecule has 65 heavy (non-hydrogen) atoms. The number of carbonyl (C=O) groups excluding carboxylic acids is 1. The second-order valence-corrected chi connectivity index (χ2v) is 17.6. The van der Waals surface area contributed by atoms with E-state index in [-0.39, 0.29) is 12.5 Å². The highest BCUT2D eigenvalue weighted by atomic mass is 16.7. The second kappa shape index (κ2) is 44.9. The Kier molecular flexibility index (Phi) is 41.6. The Bertz CT molecular complexity index is 1330. The lowest BCUT2D eigenvalue weighted by Gasteiger charge is -2.40. The fourth-order valence-corrected chi connectivity index (χ4v) is 7.52. The third kappa shape index (κ3) is 35.0. The van der Waals surface area contributed by atoms with Crippen molar-refractivity contribution in [1.82, 2.24) is 5.32 Å². The van der Waals surface area contributed by atoms with E-state index in [1.54, 1.807) is 6.08 Å². The van der Waals surface area contributed by atoms with Gasteiger partial charge in [0.25, 0.3) is 0 Å². The zero-order chi connectivity index (χ0) is 47.3. The lowest BCUT2D eigenvalue weighted by molar-refractivity contribution is -0.302. The number of carbonyl (C=O) groups is 1. The van der Waals surface area contributed by atoms with Crippen LogP contribution in [0.3, 0.4) is 0 Å². The van der Waals surface area contributed by atoms with Crippen LogP contribution in [0.2, 0.25) is 0 Å². The Morgan fingerprint density at radius 2 is 0.969 bits per heavy atom. The Balaban J connectivity index is 2.17. The van der Waals surface area contributed by atoms with E-state index in [0.29, 0.717) is 6.42 Å². The molecule has 0 saturated carbocycles. The lowest BCUT2D eigenvalue weighted by Crippen LogP contribution is -2.60. The van der Waals surface area contributed by atoms with E-state index in [9.17, 15) is 30.3 Å². The molecule has 1 aliphatic rings. The summed E-state index contributed by atoms with van der Waals surface area (Å²) in [5, 5.41) is 54.2. The third-order valence-electron chi connectivity index (χ3n) is 11.6. The van der Waals surface area contributed by atoms with Crippen molar-refractivity contribution < 1.29 is 39.8 Å². The molecular formula is C56H95NO8. The van der Waals surface area contributed by atoms with Crippen molar-refractivity contribution in [3.05, 3.63) is 97.2 Å². The number of rotatable bonds is 42. The van der Waals surface area contributed by atoms with Gasteiger partial charge in [-0.15, -0.1) is 0 Å². The monoisotopic (exact) mass is 910 g/mol. The summed E-state index contributed by atoms with van der Waals surface area (Å²) in [7, 11) is 0. The van der Waals surface area contributed by atoms with E-state index in [2.05, 4.69) is 104 Å². The molecule has 0 bridgehead atoms. The van der Waals surface area contributed by atoms with E-state index in [1.807, 2.05) is 6.08 Å². The molecule has 7 atom stereocenters. The summed E-state index contributed by atoms with van der Waals surface area (Å²) < 4.78 is 11.2. The summed E-state index contributed by atoms with van der Waals surface area (Å²) in [5.74, 6) is -0.197. The van der Waals surface area contributed by atoms with Crippen molar-refractivity contribution in [2.75, 3.05) is 13.2 Å². The molecule has 372 valence electrons. The van der Waals surface area contributed by atoms with Gasteiger partial charge in [-0.2, -0.15) is 0 Å². The maximum Gasteiger partial charge on any atom is 0.220 e. The molecule has 0 aliphatic carbocycles. The van der Waals surface area contributed by atoms with Crippen molar-refractivity contribution >= 4 is 5.91 Å². The molecule has 1 saturated heterocycles. The molecule has 6 N–H and O–H groups in total. The number of hydrogen-bond donors (Lipinski definition) is 6. The van der Waals surface area contributed by atoms with Gasteiger partial charge in [0.15, 0.2) is 6.29 Å². The first-order chi connectivity index (χ1) is 31.8. The maximum atomic E-state index is 13.0. The minimum absolute atomic E-state index is 0.197. The lowest BCUT2D eigenvalue weighted by atomic mass is 9.99. The van der Waals surface area contributed by atoms with Gasteiger partial charge in [-0.05, 0) is 83.5 Å². The molecule has 1 amide bonds. The first kappa shape index (κ1) is 60.1. The quantitative estimate of drug-likeness (QED) is 0.0262. The predicted octanol–water partition coefficient (Wildman–Crippen LogP) is 12.1. The number of aliphatic hydroxyl groups excluding tert-OH is 5. The minimum atomic E-state index is -1.58. The normalized spacial score (nSPS) is 20.8. The third-order valence-corrected chi connectivity index (χ3v) is 11.6. The van der Waals surface area contributed by atoms with Crippen molar-refractivity contribution in [2.45, 2.75) is 236 Å². The standard InChI is InChI=1S/C56H95NO8/c1-3-5-7-9-11-13-15-16-17-18-19-20-21-22-23-24-25-26-27-28-29-30-31-32-33-34-36-38-40-42-44-46-52(60)57-49(48-64-56-55(63)54(62)53(61)51(47-58)65-56)50(59)45-43-41-39-37-35-14-12-10-8-6-4-2/h5,7-8,10-11,13,16-17,19-20,22-23,35,37,43,45,49-51,53-56,58-59,61-63H,3-4,6,9,12,14-15,18,21,24-34,36,38-42,44,46-48H2,1-2H3,(H,57,60)/b7-5-,10-8+,13-11-,17-16-,20-19-,23-22-,37-35+,45-43+. The molecule has 0 aromatic rings. The van der Waals surface area contributed by atoms with Crippen LogP contribution in [0.25, 0.3) is 0 Å². The van der Waals surface area contributed by atoms with E-state index >= 15 is 0 Å². The Morgan fingerprint density at radius 1 is 0.538 bits per heavy atom. The average Bonchev–Trinajstić information content (AvgIpc) is 3.31. The number of hydrogen-bond acceptors (Lipinski definition) is 8. The van der Waals surface area contributed by atoms with Crippen molar-refractivity contribution in [3.8, 4) is 0 Å². The fourth-order valence-electron chi connectivity index (χ4n) is 7.52. The first-order valence-electron chi connectivity index (χ1n) is 26.0. The Hall–Kier alpha value is -2.89. The van der Waals surface area contributed by atoms with Crippen LogP contribution in [-0.4, -0.2) is 87.5 Å². The Morgan fingerprint density at radius 3 is 1.46 bits per heavy atom. The van der Waals surface area contributed by atoms with Gasteiger partial charge in [0.1, 0.15) is 24.4 Å². The minimum Gasteiger partial charge on any atom is -0.394 e. The van der Waals surface area contributed by atoms with Gasteiger partial charge < -0.3 is 40.3 Å². The number of amides is 1. The first-order valence-corrected chi connectivity index (χ1v) is 26.0. The maximum absolute atomic E-state index is 13.0. The highest BCUT2D eigenvalue weighted by Gasteiger charge is 2.44. The number of nitrogens with one attached hydrogen (secondary N) is 1. The van der Waals surface area contributed by atoms with Gasteiger partial charge in [0.05, 0.1) is 25.4 Å². The highest BCUT2D eigenvalue weighted by Crippen LogP contribution is 2.22. The summed E-state index contributed by atoms with van der Waals surface area (Å²) in [5.41, 5.74) is 0. The number of allylic oxidation sites excluding steroid dienone is 15. The van der Waals surface area contributed by atoms with E-state index < -0.39 is 49.5 Å². The van der Waals surface area contributed by atoms with Crippen LogP contribution in [-0.2, 0) is 14.3 Å². The molecular weight excluding hydrogens is 815 g/mol. The van der Waals surface area contributed by atoms with Crippen LogP contribution in [0.4, 0.5) is 0 Å². The highest BCUT2D eigenvalue weighted by molar-refractivity contribution is 5.76. The number of ether oxygens (including phenoxy) is 2. The molecule has 1 rings (SSSR count). The van der Waals surface area contributed by atoms with Crippen LogP contribution in [0, 0.1) is 0 Å². The van der Waals surface area contributed by atoms with Gasteiger partial charge in [-0.25, -0.2) is 0 Å². The molecule has 9 nitrogen and oxygen atoms in total. The van der Waals surface area contributed by atoms with Crippen molar-refractivity contribution in [3.63, 3.8) is 0 Å². The van der Waals surface area contributed by atoms with Gasteiger partial charge >= 0.3 is 0 Å². The largest absolute Gasteiger partial charge is 0.394 e. The molecule has 0 aromatic heterocycles. The molecule has 1 heterocycles. The fraction of sp³-hybridized carbons (Fsp3) is 0.696. The van der Waals surface area contributed by atoms with Crippen LogP contribution in [0.15, 0.2) is 97.2 Å². The summed E-state index contributed by atoms with van der Waals surface area (Å²) in [4.78, 5) is 13.0. The molecule has 1 fully saturated rings. The molecule has 0 radical (unpaired) electrons. The van der Waals surface area contributed by atoms with E-state index in [0.717, 1.165) is 89.9 Å². The van der Waals surface area contributed by atoms with Crippen LogP contribution < -0.4 is 5.32 Å². The zero-order valence-electron chi connectivity index (χ0n) is 41.0. The number of aliphatic hydroxyl groups is 5. The van der Waals surface area contributed by atoms with Gasteiger partial charge in [0.2, 0.25) is 5.91 Å². The molecule has 0 aromatic carbocycles. The predicted molar refractivity (Wildman–Crippen MR) is 271 cm³/mol.